The van der Waals surface area contributed by atoms with Gasteiger partial charge in [0.05, 0.1) is 12.8 Å². The lowest BCUT2D eigenvalue weighted by Gasteiger charge is -2.36. The van der Waals surface area contributed by atoms with Crippen LogP contribution in [-0.4, -0.2) is 44.1 Å². The van der Waals surface area contributed by atoms with E-state index in [1.165, 1.54) is 0 Å². The lowest BCUT2D eigenvalue weighted by molar-refractivity contribution is -0.126. The highest BCUT2D eigenvalue weighted by molar-refractivity contribution is 9.10. The maximum absolute atomic E-state index is 12.3. The number of hydrogen-bond acceptors (Lipinski definition) is 4. The largest absolute Gasteiger partial charge is 0.495 e. The SMILES string of the molecule is COc1ccccc1N1CCN(C(=O)/C=C/c2ccc(Br)o2)CC1. The Bertz CT molecular complexity index is 733. The molecule has 0 unspecified atom stereocenters. The van der Waals surface area contributed by atoms with Crippen molar-refractivity contribution in [3.05, 3.63) is 52.9 Å². The van der Waals surface area contributed by atoms with Gasteiger partial charge in [-0.05, 0) is 46.3 Å². The molecule has 126 valence electrons. The summed E-state index contributed by atoms with van der Waals surface area (Å²) in [5.74, 6) is 1.52. The van der Waals surface area contributed by atoms with Crippen LogP contribution < -0.4 is 9.64 Å². The van der Waals surface area contributed by atoms with Crippen LogP contribution in [0.2, 0.25) is 0 Å². The topological polar surface area (TPSA) is 45.9 Å². The lowest BCUT2D eigenvalue weighted by atomic mass is 10.2. The van der Waals surface area contributed by atoms with E-state index in [0.717, 1.165) is 24.5 Å². The smallest absolute Gasteiger partial charge is 0.246 e. The Balaban J connectivity index is 1.58. The summed E-state index contributed by atoms with van der Waals surface area (Å²) >= 11 is 3.24. The Kier molecular flexibility index (Phi) is 5.25. The molecule has 0 radical (unpaired) electrons. The third kappa shape index (κ3) is 3.82. The Hall–Kier alpha value is -2.21. The van der Waals surface area contributed by atoms with Crippen LogP contribution in [0.4, 0.5) is 5.69 Å². The van der Waals surface area contributed by atoms with E-state index in [9.17, 15) is 4.79 Å². The van der Waals surface area contributed by atoms with E-state index in [4.69, 9.17) is 9.15 Å². The molecular formula is C18H19BrN2O3. The highest BCUT2D eigenvalue weighted by atomic mass is 79.9. The van der Waals surface area contributed by atoms with E-state index in [1.54, 1.807) is 25.3 Å². The Labute approximate surface area is 149 Å². The van der Waals surface area contributed by atoms with Crippen LogP contribution in [0.3, 0.4) is 0 Å². The Morgan fingerprint density at radius 1 is 1.17 bits per heavy atom. The van der Waals surface area contributed by atoms with Crippen molar-refractivity contribution < 1.29 is 13.9 Å². The molecule has 0 saturated carbocycles. The second-order valence-electron chi connectivity index (χ2n) is 5.46. The molecule has 1 aliphatic rings. The summed E-state index contributed by atoms with van der Waals surface area (Å²) in [5, 5.41) is 0. The summed E-state index contributed by atoms with van der Waals surface area (Å²) in [6.45, 7) is 2.94. The molecule has 1 fully saturated rings. The molecule has 1 aromatic heterocycles. The number of nitrogens with zero attached hydrogens (tertiary/aromatic N) is 2. The minimum atomic E-state index is 0.00204. The molecule has 0 bridgehead atoms. The van der Waals surface area contributed by atoms with Gasteiger partial charge in [-0.1, -0.05) is 12.1 Å². The lowest BCUT2D eigenvalue weighted by Crippen LogP contribution is -2.48. The van der Waals surface area contributed by atoms with Crippen LogP contribution in [0.1, 0.15) is 5.76 Å². The second kappa shape index (κ2) is 7.57. The van der Waals surface area contributed by atoms with Crippen molar-refractivity contribution in [2.45, 2.75) is 0 Å². The number of rotatable bonds is 4. The zero-order valence-corrected chi connectivity index (χ0v) is 15.0. The molecule has 3 rings (SSSR count). The van der Waals surface area contributed by atoms with Gasteiger partial charge in [-0.15, -0.1) is 0 Å². The van der Waals surface area contributed by atoms with E-state index in [2.05, 4.69) is 20.8 Å². The molecule has 2 heterocycles. The van der Waals surface area contributed by atoms with Gasteiger partial charge in [-0.2, -0.15) is 0 Å². The van der Waals surface area contributed by atoms with Crippen molar-refractivity contribution in [2.24, 2.45) is 0 Å². The van der Waals surface area contributed by atoms with Gasteiger partial charge in [0.25, 0.3) is 0 Å². The predicted molar refractivity (Wildman–Crippen MR) is 97.2 cm³/mol. The molecule has 2 aromatic rings. The van der Waals surface area contributed by atoms with Gasteiger partial charge in [-0.3, -0.25) is 4.79 Å². The van der Waals surface area contributed by atoms with Gasteiger partial charge in [-0.25, -0.2) is 0 Å². The van der Waals surface area contributed by atoms with Crippen molar-refractivity contribution in [3.8, 4) is 5.75 Å². The zero-order valence-electron chi connectivity index (χ0n) is 13.4. The quantitative estimate of drug-likeness (QED) is 0.750. The average molecular weight is 391 g/mol. The van der Waals surface area contributed by atoms with Gasteiger partial charge in [0.2, 0.25) is 5.91 Å². The molecule has 5 nitrogen and oxygen atoms in total. The van der Waals surface area contributed by atoms with E-state index in [0.29, 0.717) is 23.5 Å². The summed E-state index contributed by atoms with van der Waals surface area (Å²) in [5.41, 5.74) is 1.07. The fourth-order valence-electron chi connectivity index (χ4n) is 2.74. The van der Waals surface area contributed by atoms with E-state index in [-0.39, 0.29) is 5.91 Å². The van der Waals surface area contributed by atoms with Gasteiger partial charge in [0, 0.05) is 32.3 Å². The van der Waals surface area contributed by atoms with Crippen LogP contribution >= 0.6 is 15.9 Å². The van der Waals surface area contributed by atoms with Crippen LogP contribution in [0.15, 0.2) is 51.6 Å². The summed E-state index contributed by atoms with van der Waals surface area (Å²) in [4.78, 5) is 16.4. The highest BCUT2D eigenvalue weighted by Gasteiger charge is 2.21. The number of piperazine rings is 1. The summed E-state index contributed by atoms with van der Waals surface area (Å²) in [6, 6.07) is 11.6. The van der Waals surface area contributed by atoms with E-state index < -0.39 is 0 Å². The number of carbonyl (C=O) groups is 1. The van der Waals surface area contributed by atoms with Gasteiger partial charge in [0.1, 0.15) is 11.5 Å². The van der Waals surface area contributed by atoms with E-state index in [1.807, 2.05) is 35.2 Å². The Morgan fingerprint density at radius 3 is 2.58 bits per heavy atom. The van der Waals surface area contributed by atoms with Crippen molar-refractivity contribution in [1.82, 2.24) is 4.90 Å². The molecule has 1 aliphatic heterocycles. The van der Waals surface area contributed by atoms with Gasteiger partial charge in [0.15, 0.2) is 4.67 Å². The number of methoxy groups -OCH3 is 1. The molecule has 1 aromatic carbocycles. The van der Waals surface area contributed by atoms with Crippen LogP contribution in [-0.2, 0) is 4.79 Å². The maximum atomic E-state index is 12.3. The van der Waals surface area contributed by atoms with Crippen molar-refractivity contribution in [2.75, 3.05) is 38.2 Å². The summed E-state index contributed by atoms with van der Waals surface area (Å²) in [6.07, 6.45) is 3.25. The molecule has 0 N–H and O–H groups in total. The first-order valence-electron chi connectivity index (χ1n) is 7.77. The third-order valence-electron chi connectivity index (χ3n) is 4.00. The number of anilines is 1. The number of hydrogen-bond donors (Lipinski definition) is 0. The highest BCUT2D eigenvalue weighted by Crippen LogP contribution is 2.28. The molecule has 0 atom stereocenters. The standard InChI is InChI=1S/C18H19BrN2O3/c1-23-16-5-3-2-4-15(16)20-10-12-21(13-11-20)18(22)9-7-14-6-8-17(19)24-14/h2-9H,10-13H2,1H3/b9-7+. The maximum Gasteiger partial charge on any atom is 0.246 e. The van der Waals surface area contributed by atoms with Crippen molar-refractivity contribution in [1.29, 1.82) is 0 Å². The molecular weight excluding hydrogens is 372 g/mol. The summed E-state index contributed by atoms with van der Waals surface area (Å²) in [7, 11) is 1.68. The molecule has 1 amide bonds. The number of carbonyl (C=O) groups excluding carboxylic acids is 1. The minimum absolute atomic E-state index is 0.00204. The predicted octanol–water partition coefficient (Wildman–Crippen LogP) is 3.41. The number of ether oxygens (including phenoxy) is 1. The first kappa shape index (κ1) is 16.6. The second-order valence-corrected chi connectivity index (χ2v) is 6.24. The first-order valence-corrected chi connectivity index (χ1v) is 8.57. The normalized spacial score (nSPS) is 15.1. The molecule has 0 spiro atoms. The first-order chi connectivity index (χ1) is 11.7. The van der Waals surface area contributed by atoms with Crippen LogP contribution in [0.5, 0.6) is 5.75 Å². The van der Waals surface area contributed by atoms with Crippen molar-refractivity contribution >= 4 is 33.6 Å². The monoisotopic (exact) mass is 390 g/mol. The van der Waals surface area contributed by atoms with Crippen LogP contribution in [0.25, 0.3) is 6.08 Å². The van der Waals surface area contributed by atoms with Crippen LogP contribution in [0, 0.1) is 0 Å². The van der Waals surface area contributed by atoms with Gasteiger partial charge >= 0.3 is 0 Å². The Morgan fingerprint density at radius 2 is 1.92 bits per heavy atom. The number of halogens is 1. The molecule has 1 saturated heterocycles. The minimum Gasteiger partial charge on any atom is -0.495 e. The molecule has 0 aliphatic carbocycles. The summed E-state index contributed by atoms with van der Waals surface area (Å²) < 4.78 is 11.4. The number of benzene rings is 1. The number of amides is 1. The fraction of sp³-hybridized carbons (Fsp3) is 0.278. The third-order valence-corrected chi connectivity index (χ3v) is 4.43. The number of para-hydroxylation sites is 2. The molecule has 24 heavy (non-hydrogen) atoms. The molecule has 6 heteroatoms. The van der Waals surface area contributed by atoms with Crippen molar-refractivity contribution in [3.63, 3.8) is 0 Å². The van der Waals surface area contributed by atoms with E-state index >= 15 is 0 Å². The fourth-order valence-corrected chi connectivity index (χ4v) is 3.05. The average Bonchev–Trinajstić information content (AvgIpc) is 3.05. The number of furan rings is 1. The zero-order chi connectivity index (χ0) is 16.9. The van der Waals surface area contributed by atoms with Gasteiger partial charge < -0.3 is 19.0 Å².